The second-order valence-corrected chi connectivity index (χ2v) is 6.61. The van der Waals surface area contributed by atoms with Crippen molar-refractivity contribution in [1.29, 1.82) is 0 Å². The number of pyridine rings is 1. The third-order valence-electron chi connectivity index (χ3n) is 2.47. The molecule has 0 radical (unpaired) electrons. The minimum absolute atomic E-state index is 0.0199. The minimum Gasteiger partial charge on any atom is -0.384 e. The fourth-order valence-electron chi connectivity index (χ4n) is 1.41. The molecule has 1 heterocycles. The van der Waals surface area contributed by atoms with E-state index >= 15 is 0 Å². The molecule has 0 spiro atoms. The molecule has 7 nitrogen and oxygen atoms in total. The van der Waals surface area contributed by atoms with E-state index in [9.17, 15) is 13.2 Å². The number of aromatic nitrogens is 1. The summed E-state index contributed by atoms with van der Waals surface area (Å²) in [7, 11) is -3.80. The highest BCUT2D eigenvalue weighted by Crippen LogP contribution is 2.10. The Morgan fingerprint density at radius 2 is 2.05 bits per heavy atom. The molecule has 1 atom stereocenters. The highest BCUT2D eigenvalue weighted by atomic mass is 32.2. The first kappa shape index (κ1) is 16.4. The van der Waals surface area contributed by atoms with Crippen molar-refractivity contribution in [3.8, 4) is 0 Å². The molecular weight excluding hydrogens is 280 g/mol. The van der Waals surface area contributed by atoms with Gasteiger partial charge in [0.25, 0.3) is 0 Å². The van der Waals surface area contributed by atoms with Crippen LogP contribution in [-0.2, 0) is 14.8 Å². The van der Waals surface area contributed by atoms with Crippen LogP contribution in [0.5, 0.6) is 0 Å². The van der Waals surface area contributed by atoms with E-state index in [4.69, 9.17) is 5.73 Å². The van der Waals surface area contributed by atoms with Crippen LogP contribution in [0.15, 0.2) is 23.2 Å². The van der Waals surface area contributed by atoms with Gasteiger partial charge in [-0.2, -0.15) is 4.72 Å². The molecular formula is C12H20N4O3S. The number of carbonyl (C=O) groups excluding carboxylic acids is 1. The highest BCUT2D eigenvalue weighted by Gasteiger charge is 2.22. The van der Waals surface area contributed by atoms with Crippen LogP contribution in [0.25, 0.3) is 0 Å². The number of sulfonamides is 1. The molecule has 20 heavy (non-hydrogen) atoms. The van der Waals surface area contributed by atoms with Crippen LogP contribution in [0.4, 0.5) is 5.82 Å². The summed E-state index contributed by atoms with van der Waals surface area (Å²) in [5, 5.41) is 2.66. The average molecular weight is 300 g/mol. The van der Waals surface area contributed by atoms with Gasteiger partial charge in [-0.3, -0.25) is 4.79 Å². The van der Waals surface area contributed by atoms with Gasteiger partial charge in [0.15, 0.2) is 0 Å². The predicted octanol–water partition coefficient (Wildman–Crippen LogP) is 0.103. The Balaban J connectivity index is 2.73. The van der Waals surface area contributed by atoms with Gasteiger partial charge in [-0.05, 0) is 18.9 Å². The van der Waals surface area contributed by atoms with Gasteiger partial charge in [0.2, 0.25) is 15.9 Å². The van der Waals surface area contributed by atoms with Crippen molar-refractivity contribution in [3.63, 3.8) is 0 Å². The molecule has 112 valence electrons. The average Bonchev–Trinajstić information content (AvgIpc) is 2.35. The number of nitrogens with zero attached hydrogens (tertiary/aromatic N) is 1. The highest BCUT2D eigenvalue weighted by molar-refractivity contribution is 7.89. The van der Waals surface area contributed by atoms with Crippen molar-refractivity contribution < 1.29 is 13.2 Å². The molecule has 1 aromatic heterocycles. The molecule has 0 saturated heterocycles. The summed E-state index contributed by atoms with van der Waals surface area (Å²) in [6, 6.07) is 1.69. The first-order valence-corrected chi connectivity index (χ1v) is 7.72. The summed E-state index contributed by atoms with van der Waals surface area (Å²) >= 11 is 0. The van der Waals surface area contributed by atoms with E-state index in [-0.39, 0.29) is 16.6 Å². The number of rotatable bonds is 6. The molecule has 1 amide bonds. The molecule has 1 aromatic rings. The van der Waals surface area contributed by atoms with Crippen LogP contribution in [0, 0.1) is 5.92 Å². The Bertz CT molecular complexity index is 572. The molecule has 0 fully saturated rings. The number of amides is 1. The lowest BCUT2D eigenvalue weighted by atomic mass is 10.2. The number of nitrogen functional groups attached to an aromatic ring is 1. The van der Waals surface area contributed by atoms with Gasteiger partial charge in [-0.1, -0.05) is 13.8 Å². The van der Waals surface area contributed by atoms with Gasteiger partial charge in [0, 0.05) is 18.8 Å². The Hall–Kier alpha value is -1.67. The van der Waals surface area contributed by atoms with Crippen molar-refractivity contribution in [1.82, 2.24) is 15.0 Å². The quantitative estimate of drug-likeness (QED) is 0.689. The largest absolute Gasteiger partial charge is 0.384 e. The Kier molecular flexibility index (Phi) is 5.46. The van der Waals surface area contributed by atoms with E-state index in [0.29, 0.717) is 12.5 Å². The third kappa shape index (κ3) is 4.78. The Morgan fingerprint density at radius 1 is 1.40 bits per heavy atom. The second-order valence-electron chi connectivity index (χ2n) is 4.90. The minimum atomic E-state index is -3.80. The summed E-state index contributed by atoms with van der Waals surface area (Å²) < 4.78 is 26.4. The van der Waals surface area contributed by atoms with Crippen LogP contribution >= 0.6 is 0 Å². The molecule has 0 bridgehead atoms. The zero-order chi connectivity index (χ0) is 15.3. The van der Waals surface area contributed by atoms with Crippen LogP contribution < -0.4 is 15.8 Å². The van der Waals surface area contributed by atoms with Crippen LogP contribution in [0.3, 0.4) is 0 Å². The van der Waals surface area contributed by atoms with Crippen molar-refractivity contribution in [2.24, 2.45) is 5.92 Å². The van der Waals surface area contributed by atoms with Crippen LogP contribution in [-0.4, -0.2) is 31.9 Å². The summed E-state index contributed by atoms with van der Waals surface area (Å²) in [6.45, 7) is 5.88. The topological polar surface area (TPSA) is 114 Å². The van der Waals surface area contributed by atoms with Crippen molar-refractivity contribution in [2.75, 3.05) is 12.3 Å². The fourth-order valence-corrected chi connectivity index (χ4v) is 2.63. The molecule has 8 heteroatoms. The van der Waals surface area contributed by atoms with Gasteiger partial charge in [-0.15, -0.1) is 0 Å². The molecule has 4 N–H and O–H groups in total. The van der Waals surface area contributed by atoms with E-state index in [1.807, 2.05) is 13.8 Å². The molecule has 0 aliphatic carbocycles. The van der Waals surface area contributed by atoms with E-state index < -0.39 is 16.1 Å². The van der Waals surface area contributed by atoms with Crippen molar-refractivity contribution >= 4 is 21.7 Å². The lowest BCUT2D eigenvalue weighted by molar-refractivity contribution is -0.122. The predicted molar refractivity (Wildman–Crippen MR) is 76.3 cm³/mol. The maximum absolute atomic E-state index is 12.1. The number of anilines is 1. The second kappa shape index (κ2) is 6.67. The molecule has 1 rings (SSSR count). The number of nitrogens with two attached hydrogens (primary N) is 1. The maximum atomic E-state index is 12.1. The summed E-state index contributed by atoms with van der Waals surface area (Å²) in [5.74, 6) is 0.0249. The molecule has 0 aliphatic heterocycles. The van der Waals surface area contributed by atoms with E-state index in [1.54, 1.807) is 0 Å². The van der Waals surface area contributed by atoms with E-state index in [1.165, 1.54) is 25.3 Å². The van der Waals surface area contributed by atoms with E-state index in [2.05, 4.69) is 15.0 Å². The number of hydrogen-bond acceptors (Lipinski definition) is 5. The third-order valence-corrected chi connectivity index (χ3v) is 4.01. The number of carbonyl (C=O) groups is 1. The molecule has 0 aromatic carbocycles. The zero-order valence-electron chi connectivity index (χ0n) is 11.8. The van der Waals surface area contributed by atoms with Crippen LogP contribution in [0.1, 0.15) is 20.8 Å². The van der Waals surface area contributed by atoms with Crippen molar-refractivity contribution in [3.05, 3.63) is 18.3 Å². The van der Waals surface area contributed by atoms with Gasteiger partial charge < -0.3 is 11.1 Å². The summed E-state index contributed by atoms with van der Waals surface area (Å²) in [4.78, 5) is 15.5. The number of nitrogens with one attached hydrogen (secondary N) is 2. The first-order chi connectivity index (χ1) is 9.22. The zero-order valence-corrected chi connectivity index (χ0v) is 12.6. The SMILES string of the molecule is CC(C)CNC(=O)C(C)NS(=O)(=O)c1ccnc(N)c1. The molecule has 0 saturated carbocycles. The summed E-state index contributed by atoms with van der Waals surface area (Å²) in [6.07, 6.45) is 1.30. The van der Waals surface area contributed by atoms with Gasteiger partial charge in [0.05, 0.1) is 10.9 Å². The first-order valence-electron chi connectivity index (χ1n) is 6.24. The summed E-state index contributed by atoms with van der Waals surface area (Å²) in [5.41, 5.74) is 5.44. The molecule has 0 aliphatic rings. The monoisotopic (exact) mass is 300 g/mol. The smallest absolute Gasteiger partial charge is 0.241 e. The Labute approximate surface area is 119 Å². The van der Waals surface area contributed by atoms with Crippen molar-refractivity contribution in [2.45, 2.75) is 31.7 Å². The molecule has 1 unspecified atom stereocenters. The van der Waals surface area contributed by atoms with Gasteiger partial charge in [-0.25, -0.2) is 13.4 Å². The van der Waals surface area contributed by atoms with Gasteiger partial charge >= 0.3 is 0 Å². The standard InChI is InChI=1S/C12H20N4O3S/c1-8(2)7-15-12(17)9(3)16-20(18,19)10-4-5-14-11(13)6-10/h4-6,8-9,16H,7H2,1-3H3,(H2,13,14)(H,15,17). The van der Waals surface area contributed by atoms with Crippen LogP contribution in [0.2, 0.25) is 0 Å². The van der Waals surface area contributed by atoms with Gasteiger partial charge in [0.1, 0.15) is 5.82 Å². The lowest BCUT2D eigenvalue weighted by Crippen LogP contribution is -2.45. The normalized spacial score (nSPS) is 13.2. The number of hydrogen-bond donors (Lipinski definition) is 3. The maximum Gasteiger partial charge on any atom is 0.241 e. The lowest BCUT2D eigenvalue weighted by Gasteiger charge is -2.15. The fraction of sp³-hybridized carbons (Fsp3) is 0.500. The Morgan fingerprint density at radius 3 is 2.60 bits per heavy atom. The van der Waals surface area contributed by atoms with E-state index in [0.717, 1.165) is 0 Å².